The first-order valence-electron chi connectivity index (χ1n) is 4.99. The van der Waals surface area contributed by atoms with Crippen LogP contribution in [0.2, 0.25) is 0 Å². The van der Waals surface area contributed by atoms with Gasteiger partial charge in [0.1, 0.15) is 5.69 Å². The van der Waals surface area contributed by atoms with Gasteiger partial charge in [-0.2, -0.15) is 4.73 Å². The van der Waals surface area contributed by atoms with Gasteiger partial charge >= 0.3 is 0 Å². The standard InChI is InChI=1S/C11H13N3O2/c12-9-3-4-10(13-5-7-15)11-8(9)2-1-6-14(11)16/h1-4,6,13,15H,5,7,12H2. The van der Waals surface area contributed by atoms with Crippen molar-refractivity contribution in [2.45, 2.75) is 0 Å². The van der Waals surface area contributed by atoms with Crippen molar-refractivity contribution < 1.29 is 9.84 Å². The lowest BCUT2D eigenvalue weighted by molar-refractivity contribution is -0.576. The third kappa shape index (κ3) is 1.72. The van der Waals surface area contributed by atoms with Crippen LogP contribution in [-0.2, 0) is 0 Å². The first-order valence-corrected chi connectivity index (χ1v) is 4.99. The summed E-state index contributed by atoms with van der Waals surface area (Å²) in [7, 11) is 0. The van der Waals surface area contributed by atoms with Gasteiger partial charge in [0.2, 0.25) is 5.52 Å². The maximum atomic E-state index is 11.7. The van der Waals surface area contributed by atoms with Crippen LogP contribution >= 0.6 is 0 Å². The van der Waals surface area contributed by atoms with Crippen LogP contribution in [0.5, 0.6) is 0 Å². The van der Waals surface area contributed by atoms with Gasteiger partial charge in [0.15, 0.2) is 6.20 Å². The molecule has 0 saturated carbocycles. The first-order chi connectivity index (χ1) is 7.74. The molecule has 16 heavy (non-hydrogen) atoms. The summed E-state index contributed by atoms with van der Waals surface area (Å²) in [6.45, 7) is 0.408. The number of pyridine rings is 1. The fourth-order valence-electron chi connectivity index (χ4n) is 1.66. The quantitative estimate of drug-likeness (QED) is 0.397. The molecule has 0 amide bonds. The largest absolute Gasteiger partial charge is 0.618 e. The minimum Gasteiger partial charge on any atom is -0.618 e. The van der Waals surface area contributed by atoms with Gasteiger partial charge in [-0.3, -0.25) is 0 Å². The third-order valence-electron chi connectivity index (χ3n) is 2.38. The SMILES string of the molecule is Nc1ccc(NCCO)c2c1ccc[n+]2[O-]. The van der Waals surface area contributed by atoms with Crippen LogP contribution in [-0.4, -0.2) is 18.3 Å². The molecule has 84 valence electrons. The Labute approximate surface area is 92.7 Å². The molecular weight excluding hydrogens is 206 g/mol. The van der Waals surface area contributed by atoms with Crippen LogP contribution in [0.25, 0.3) is 10.9 Å². The van der Waals surface area contributed by atoms with Crippen molar-refractivity contribution in [2.75, 3.05) is 24.2 Å². The number of rotatable bonds is 3. The maximum absolute atomic E-state index is 11.7. The molecule has 0 bridgehead atoms. The molecule has 0 spiro atoms. The van der Waals surface area contributed by atoms with Crippen molar-refractivity contribution >= 4 is 22.3 Å². The molecule has 0 saturated heterocycles. The van der Waals surface area contributed by atoms with Crippen LogP contribution < -0.4 is 15.8 Å². The van der Waals surface area contributed by atoms with E-state index in [9.17, 15) is 5.21 Å². The molecule has 0 fully saturated rings. The Balaban J connectivity index is 2.61. The molecule has 0 unspecified atom stereocenters. The summed E-state index contributed by atoms with van der Waals surface area (Å²) in [5, 5.41) is 24.1. The van der Waals surface area contributed by atoms with Gasteiger partial charge in [-0.1, -0.05) is 0 Å². The van der Waals surface area contributed by atoms with Gasteiger partial charge in [-0.25, -0.2) is 0 Å². The van der Waals surface area contributed by atoms with E-state index in [1.165, 1.54) is 6.20 Å². The number of aromatic nitrogens is 1. The minimum absolute atomic E-state index is 0.0115. The lowest BCUT2D eigenvalue weighted by atomic mass is 10.1. The summed E-state index contributed by atoms with van der Waals surface area (Å²) in [6.07, 6.45) is 1.42. The van der Waals surface area contributed by atoms with Gasteiger partial charge in [0.25, 0.3) is 0 Å². The molecular formula is C11H13N3O2. The van der Waals surface area contributed by atoms with Gasteiger partial charge in [-0.15, -0.1) is 0 Å². The lowest BCUT2D eigenvalue weighted by Crippen LogP contribution is -2.27. The Kier molecular flexibility index (Phi) is 2.78. The highest BCUT2D eigenvalue weighted by molar-refractivity contribution is 5.96. The second-order valence-electron chi connectivity index (χ2n) is 3.45. The average Bonchev–Trinajstić information content (AvgIpc) is 2.29. The summed E-state index contributed by atoms with van der Waals surface area (Å²) in [4.78, 5) is 0. The lowest BCUT2D eigenvalue weighted by Gasteiger charge is -2.09. The summed E-state index contributed by atoms with van der Waals surface area (Å²) >= 11 is 0. The van der Waals surface area contributed by atoms with Crippen LogP contribution in [0.1, 0.15) is 0 Å². The number of anilines is 2. The van der Waals surface area contributed by atoms with Crippen LogP contribution in [0.3, 0.4) is 0 Å². The van der Waals surface area contributed by atoms with E-state index < -0.39 is 0 Å². The summed E-state index contributed by atoms with van der Waals surface area (Å²) < 4.78 is 0.769. The smallest absolute Gasteiger partial charge is 0.249 e. The predicted molar refractivity (Wildman–Crippen MR) is 62.9 cm³/mol. The van der Waals surface area contributed by atoms with Crippen molar-refractivity contribution in [3.05, 3.63) is 35.7 Å². The minimum atomic E-state index is 0.0115. The molecule has 1 aromatic carbocycles. The van der Waals surface area contributed by atoms with Crippen LogP contribution in [0, 0.1) is 5.21 Å². The second kappa shape index (κ2) is 4.24. The van der Waals surface area contributed by atoms with Crippen LogP contribution in [0.15, 0.2) is 30.5 Å². The van der Waals surface area contributed by atoms with E-state index in [-0.39, 0.29) is 6.61 Å². The molecule has 5 nitrogen and oxygen atoms in total. The summed E-state index contributed by atoms with van der Waals surface area (Å²) in [5.41, 5.74) is 7.53. The van der Waals surface area contributed by atoms with Gasteiger partial charge in [-0.05, 0) is 18.2 Å². The van der Waals surface area contributed by atoms with Gasteiger partial charge in [0, 0.05) is 18.3 Å². The van der Waals surface area contributed by atoms with Crippen molar-refractivity contribution in [3.63, 3.8) is 0 Å². The number of hydrogen-bond donors (Lipinski definition) is 3. The predicted octanol–water partition coefficient (Wildman–Crippen LogP) is 0.460. The molecule has 0 aliphatic heterocycles. The molecule has 2 rings (SSSR count). The topological polar surface area (TPSA) is 85.2 Å². The number of fused-ring (bicyclic) bond motifs is 1. The molecule has 0 aliphatic carbocycles. The van der Waals surface area contributed by atoms with Crippen molar-refractivity contribution in [1.82, 2.24) is 0 Å². The number of aliphatic hydroxyl groups is 1. The Bertz CT molecular complexity index is 514. The van der Waals surface area contributed by atoms with E-state index in [2.05, 4.69) is 5.32 Å². The van der Waals surface area contributed by atoms with Crippen molar-refractivity contribution in [2.24, 2.45) is 0 Å². The number of nitrogens with zero attached hydrogens (tertiary/aromatic N) is 1. The number of aliphatic hydroxyl groups excluding tert-OH is 1. The number of hydrogen-bond acceptors (Lipinski definition) is 4. The fourth-order valence-corrected chi connectivity index (χ4v) is 1.66. The molecule has 4 N–H and O–H groups in total. The van der Waals surface area contributed by atoms with E-state index in [0.29, 0.717) is 28.8 Å². The molecule has 2 aromatic rings. The van der Waals surface area contributed by atoms with Crippen molar-refractivity contribution in [3.8, 4) is 0 Å². The number of nitrogens with two attached hydrogens (primary N) is 1. The van der Waals surface area contributed by atoms with E-state index in [1.807, 2.05) is 0 Å². The summed E-state index contributed by atoms with van der Waals surface area (Å²) in [5.74, 6) is 0. The Morgan fingerprint density at radius 2 is 2.19 bits per heavy atom. The fraction of sp³-hybridized carbons (Fsp3) is 0.182. The van der Waals surface area contributed by atoms with Gasteiger partial charge in [0.05, 0.1) is 12.0 Å². The van der Waals surface area contributed by atoms with E-state index in [1.54, 1.807) is 24.3 Å². The molecule has 0 radical (unpaired) electrons. The monoisotopic (exact) mass is 219 g/mol. The Morgan fingerprint density at radius 1 is 1.38 bits per heavy atom. The number of benzene rings is 1. The third-order valence-corrected chi connectivity index (χ3v) is 2.38. The molecule has 1 heterocycles. The Hall–Kier alpha value is -2.01. The van der Waals surface area contributed by atoms with E-state index >= 15 is 0 Å². The zero-order valence-corrected chi connectivity index (χ0v) is 8.68. The normalized spacial score (nSPS) is 10.6. The molecule has 0 aliphatic rings. The zero-order valence-electron chi connectivity index (χ0n) is 8.68. The summed E-state index contributed by atoms with van der Waals surface area (Å²) in [6, 6.07) is 6.93. The van der Waals surface area contributed by atoms with Crippen molar-refractivity contribution in [1.29, 1.82) is 0 Å². The average molecular weight is 219 g/mol. The number of nitrogen functional groups attached to an aromatic ring is 1. The zero-order chi connectivity index (χ0) is 11.5. The van der Waals surface area contributed by atoms with Gasteiger partial charge < -0.3 is 21.4 Å². The molecule has 5 heteroatoms. The maximum Gasteiger partial charge on any atom is 0.249 e. The molecule has 0 atom stereocenters. The van der Waals surface area contributed by atoms with E-state index in [0.717, 1.165) is 4.73 Å². The first kappa shape index (κ1) is 10.5. The Morgan fingerprint density at radius 3 is 2.94 bits per heavy atom. The highest BCUT2D eigenvalue weighted by Crippen LogP contribution is 2.24. The van der Waals surface area contributed by atoms with E-state index in [4.69, 9.17) is 10.8 Å². The second-order valence-corrected chi connectivity index (χ2v) is 3.45. The highest BCUT2D eigenvalue weighted by Gasteiger charge is 2.11. The number of nitrogens with one attached hydrogen (secondary N) is 1. The molecule has 1 aromatic heterocycles. The van der Waals surface area contributed by atoms with Crippen LogP contribution in [0.4, 0.5) is 11.4 Å². The highest BCUT2D eigenvalue weighted by atomic mass is 16.5.